The Morgan fingerprint density at radius 2 is 2.14 bits per heavy atom. The largest absolute Gasteiger partial charge is 0.103 e. The van der Waals surface area contributed by atoms with Gasteiger partial charge in [0.1, 0.15) is 0 Å². The lowest BCUT2D eigenvalue weighted by Gasteiger charge is -1.86. The van der Waals surface area contributed by atoms with Crippen LogP contribution in [-0.2, 0) is 0 Å². The van der Waals surface area contributed by atoms with Gasteiger partial charge >= 0.3 is 0 Å². The van der Waals surface area contributed by atoms with Crippen LogP contribution in [0.1, 0.15) is 12.8 Å². The molecule has 0 aliphatic carbocycles. The molecule has 40 valence electrons. The van der Waals surface area contributed by atoms with Crippen LogP contribution in [0.5, 0.6) is 0 Å². The Hall–Kier alpha value is 0.0900. The molecule has 0 aromatic rings. The van der Waals surface area contributed by atoms with Crippen molar-refractivity contribution < 1.29 is 0 Å². The number of unbranched alkanes of at least 4 members (excludes halogenated alkanes) is 2. The van der Waals surface area contributed by atoms with E-state index < -0.39 is 0 Å². The quantitative estimate of drug-likeness (QED) is 0.389. The summed E-state index contributed by atoms with van der Waals surface area (Å²) < 4.78 is 0. The average Bonchev–Trinajstić information content (AvgIpc) is 1.69. The van der Waals surface area contributed by atoms with Gasteiger partial charge in [0, 0.05) is 5.75 Å². The first kappa shape index (κ1) is 7.09. The van der Waals surface area contributed by atoms with E-state index in [1.165, 1.54) is 0 Å². The van der Waals surface area contributed by atoms with Gasteiger partial charge in [-0.2, -0.15) is 0 Å². The maximum atomic E-state index is 4.68. The second-order valence-corrected chi connectivity index (χ2v) is 1.65. The highest BCUT2D eigenvalue weighted by Crippen LogP contribution is 1.94. The van der Waals surface area contributed by atoms with E-state index in [9.17, 15) is 0 Å². The molecule has 0 spiro atoms. The van der Waals surface area contributed by atoms with Gasteiger partial charge in [-0.1, -0.05) is 18.7 Å². The van der Waals surface area contributed by atoms with E-state index in [-0.39, 0.29) is 0 Å². The minimum atomic E-state index is 0.772. The number of allylic oxidation sites excluding steroid dienone is 1. The molecule has 0 aromatic carbocycles. The van der Waals surface area contributed by atoms with Crippen molar-refractivity contribution >= 4 is 12.6 Å². The standard InChI is InChI=1S/C6H10S/c1-2-3-4-5-6-7/h2,5H,1,3-4,6H2. The smallest absolute Gasteiger partial charge is 0.00683 e. The Labute approximate surface area is 51.0 Å². The predicted octanol–water partition coefficient (Wildman–Crippen LogP) is 2.35. The molecule has 0 unspecified atom stereocenters. The third-order valence-electron chi connectivity index (χ3n) is 0.693. The Morgan fingerprint density at radius 1 is 1.43 bits per heavy atom. The van der Waals surface area contributed by atoms with Crippen molar-refractivity contribution in [1.82, 2.24) is 0 Å². The predicted molar refractivity (Wildman–Crippen MR) is 36.2 cm³/mol. The Morgan fingerprint density at radius 3 is 2.57 bits per heavy atom. The van der Waals surface area contributed by atoms with E-state index in [2.05, 4.69) is 25.6 Å². The van der Waals surface area contributed by atoms with Crippen molar-refractivity contribution in [3.8, 4) is 0 Å². The fraction of sp³-hybridized carbons (Fsp3) is 0.500. The topological polar surface area (TPSA) is 0 Å². The lowest BCUT2D eigenvalue weighted by Crippen LogP contribution is -1.73. The van der Waals surface area contributed by atoms with Gasteiger partial charge in [0.25, 0.3) is 0 Å². The Kier molecular flexibility index (Phi) is 6.17. The van der Waals surface area contributed by atoms with E-state index in [1.807, 2.05) is 6.08 Å². The van der Waals surface area contributed by atoms with Crippen LogP contribution in [0.15, 0.2) is 12.7 Å². The summed E-state index contributed by atoms with van der Waals surface area (Å²) in [6, 6.07) is 0. The summed E-state index contributed by atoms with van der Waals surface area (Å²) in [5.41, 5.74) is 0. The van der Waals surface area contributed by atoms with Crippen molar-refractivity contribution in [2.45, 2.75) is 12.8 Å². The minimum Gasteiger partial charge on any atom is -0.103 e. The van der Waals surface area contributed by atoms with Crippen molar-refractivity contribution in [3.63, 3.8) is 0 Å². The molecular weight excluding hydrogens is 104 g/mol. The first-order chi connectivity index (χ1) is 3.41. The van der Waals surface area contributed by atoms with Crippen LogP contribution in [0.4, 0.5) is 0 Å². The van der Waals surface area contributed by atoms with Crippen molar-refractivity contribution in [2.24, 2.45) is 0 Å². The maximum Gasteiger partial charge on any atom is 0.00683 e. The van der Waals surface area contributed by atoms with Gasteiger partial charge in [0.05, 0.1) is 0 Å². The minimum absolute atomic E-state index is 0.772. The molecule has 0 N–H and O–H groups in total. The number of hydrogen-bond acceptors (Lipinski definition) is 0. The van der Waals surface area contributed by atoms with Crippen LogP contribution in [0.2, 0.25) is 0 Å². The second kappa shape index (κ2) is 6.09. The van der Waals surface area contributed by atoms with Gasteiger partial charge in [-0.25, -0.2) is 0 Å². The molecule has 2 radical (unpaired) electrons. The molecule has 0 saturated carbocycles. The van der Waals surface area contributed by atoms with Crippen molar-refractivity contribution in [1.29, 1.82) is 0 Å². The molecule has 0 aliphatic rings. The van der Waals surface area contributed by atoms with Crippen LogP contribution in [0.3, 0.4) is 0 Å². The van der Waals surface area contributed by atoms with Gasteiger partial charge in [-0.15, -0.1) is 6.58 Å². The summed E-state index contributed by atoms with van der Waals surface area (Å²) in [5.74, 6) is 0.772. The fourth-order valence-electron chi connectivity index (χ4n) is 0.319. The molecule has 0 fully saturated rings. The van der Waals surface area contributed by atoms with Crippen molar-refractivity contribution in [3.05, 3.63) is 19.1 Å². The summed E-state index contributed by atoms with van der Waals surface area (Å²) in [7, 11) is 0. The zero-order chi connectivity index (χ0) is 5.54. The molecule has 0 aliphatic heterocycles. The van der Waals surface area contributed by atoms with Gasteiger partial charge in [0.15, 0.2) is 0 Å². The molecule has 1 heteroatoms. The van der Waals surface area contributed by atoms with E-state index in [1.54, 1.807) is 0 Å². The zero-order valence-corrected chi connectivity index (χ0v) is 5.21. The molecule has 0 amide bonds. The highest BCUT2D eigenvalue weighted by atomic mass is 32.1. The summed E-state index contributed by atoms with van der Waals surface area (Å²) in [4.78, 5) is 0. The fourth-order valence-corrected chi connectivity index (χ4v) is 0.486. The monoisotopic (exact) mass is 114 g/mol. The first-order valence-electron chi connectivity index (χ1n) is 2.42. The highest BCUT2D eigenvalue weighted by molar-refractivity contribution is 7.80. The molecule has 0 heterocycles. The average molecular weight is 114 g/mol. The molecule has 7 heavy (non-hydrogen) atoms. The number of hydrogen-bond donors (Lipinski definition) is 0. The molecule has 0 saturated heterocycles. The van der Waals surface area contributed by atoms with Gasteiger partial charge in [-0.05, 0) is 19.3 Å². The second-order valence-electron chi connectivity index (χ2n) is 1.32. The highest BCUT2D eigenvalue weighted by Gasteiger charge is 1.79. The van der Waals surface area contributed by atoms with Crippen LogP contribution < -0.4 is 0 Å². The zero-order valence-electron chi connectivity index (χ0n) is 4.39. The molecular formula is C6H10S. The van der Waals surface area contributed by atoms with Gasteiger partial charge in [0.2, 0.25) is 0 Å². The van der Waals surface area contributed by atoms with E-state index >= 15 is 0 Å². The number of rotatable bonds is 4. The third kappa shape index (κ3) is 6.09. The van der Waals surface area contributed by atoms with Crippen LogP contribution in [-0.4, -0.2) is 5.75 Å². The summed E-state index contributed by atoms with van der Waals surface area (Å²) in [5, 5.41) is 0. The first-order valence-corrected chi connectivity index (χ1v) is 3.00. The molecule has 0 atom stereocenters. The third-order valence-corrected chi connectivity index (χ3v) is 0.928. The van der Waals surface area contributed by atoms with Gasteiger partial charge < -0.3 is 0 Å². The molecule has 0 aromatic heterocycles. The van der Waals surface area contributed by atoms with Crippen LogP contribution in [0, 0.1) is 6.42 Å². The van der Waals surface area contributed by atoms with E-state index in [0.29, 0.717) is 0 Å². The maximum absolute atomic E-state index is 4.68. The Balaban J connectivity index is 2.56. The van der Waals surface area contributed by atoms with E-state index in [0.717, 1.165) is 18.6 Å². The van der Waals surface area contributed by atoms with E-state index in [4.69, 9.17) is 0 Å². The molecule has 0 bridgehead atoms. The van der Waals surface area contributed by atoms with Crippen LogP contribution >= 0.6 is 12.6 Å². The van der Waals surface area contributed by atoms with Gasteiger partial charge in [-0.3, -0.25) is 0 Å². The van der Waals surface area contributed by atoms with Crippen LogP contribution in [0.25, 0.3) is 0 Å². The molecule has 0 rings (SSSR count). The normalized spacial score (nSPS) is 8.71. The summed E-state index contributed by atoms with van der Waals surface area (Å²) in [6.45, 7) is 3.58. The summed E-state index contributed by atoms with van der Waals surface area (Å²) in [6.07, 6.45) is 6.14. The molecule has 0 nitrogen and oxygen atoms in total. The lowest BCUT2D eigenvalue weighted by atomic mass is 10.2. The van der Waals surface area contributed by atoms with Crippen molar-refractivity contribution in [2.75, 3.05) is 5.75 Å². The Bertz CT molecular complexity index is 41.4. The SMILES string of the molecule is C=CCC[CH]C[S]. The summed E-state index contributed by atoms with van der Waals surface area (Å²) >= 11 is 4.68. The lowest BCUT2D eigenvalue weighted by molar-refractivity contribution is 0.982.